The van der Waals surface area contributed by atoms with E-state index in [0.29, 0.717) is 19.2 Å². The smallest absolute Gasteiger partial charge is 0.352 e. The standard InChI is InChI=1S/C25H23F4N5O2S/c1-24(2)22(36)33(17-6-4-14(10-30)19(8-17)25(27,28)29)23(37)34(24)18-7-5-15(20(26)9-18)11-31-21(35)16-12-32(3)13-16/h4-9,16H,11-13H2,1-3H3,(H,31,35). The van der Waals surface area contributed by atoms with E-state index in [9.17, 15) is 27.2 Å². The fraction of sp³-hybridized carbons (Fsp3) is 0.360. The van der Waals surface area contributed by atoms with Crippen LogP contribution in [0.1, 0.15) is 30.5 Å². The van der Waals surface area contributed by atoms with Crippen molar-refractivity contribution in [3.63, 3.8) is 0 Å². The second kappa shape index (κ2) is 9.39. The summed E-state index contributed by atoms with van der Waals surface area (Å²) in [5.74, 6) is -1.54. The van der Waals surface area contributed by atoms with Gasteiger partial charge in [0, 0.05) is 30.9 Å². The molecule has 0 unspecified atom stereocenters. The molecule has 2 amide bonds. The van der Waals surface area contributed by atoms with Crippen molar-refractivity contribution in [3.05, 3.63) is 58.9 Å². The van der Waals surface area contributed by atoms with E-state index in [1.54, 1.807) is 0 Å². The molecule has 0 aliphatic carbocycles. The van der Waals surface area contributed by atoms with Crippen LogP contribution in [0.25, 0.3) is 0 Å². The summed E-state index contributed by atoms with van der Waals surface area (Å²) in [7, 11) is 1.90. The molecule has 0 radical (unpaired) electrons. The molecule has 0 spiro atoms. The van der Waals surface area contributed by atoms with Crippen LogP contribution in [0.2, 0.25) is 0 Å². The number of thiocarbonyl (C=S) groups is 1. The van der Waals surface area contributed by atoms with Crippen molar-refractivity contribution in [2.45, 2.75) is 32.1 Å². The summed E-state index contributed by atoms with van der Waals surface area (Å²) >= 11 is 5.47. The number of carbonyl (C=O) groups is 2. The zero-order valence-electron chi connectivity index (χ0n) is 20.2. The van der Waals surface area contributed by atoms with E-state index >= 15 is 0 Å². The van der Waals surface area contributed by atoms with Crippen molar-refractivity contribution in [1.29, 1.82) is 5.26 Å². The summed E-state index contributed by atoms with van der Waals surface area (Å²) in [6, 6.07) is 8.56. The highest BCUT2D eigenvalue weighted by Crippen LogP contribution is 2.39. The van der Waals surface area contributed by atoms with Gasteiger partial charge in [0.2, 0.25) is 5.91 Å². The Morgan fingerprint density at radius 2 is 1.84 bits per heavy atom. The van der Waals surface area contributed by atoms with Crippen LogP contribution in [0.3, 0.4) is 0 Å². The molecule has 0 atom stereocenters. The second-order valence-electron chi connectivity index (χ2n) is 9.57. The van der Waals surface area contributed by atoms with Gasteiger partial charge in [-0.2, -0.15) is 18.4 Å². The molecular formula is C25H23F4N5O2S. The number of hydrogen-bond acceptors (Lipinski definition) is 5. The van der Waals surface area contributed by atoms with Gasteiger partial charge in [-0.15, -0.1) is 0 Å². The molecule has 194 valence electrons. The Labute approximate surface area is 216 Å². The first-order valence-electron chi connectivity index (χ1n) is 11.3. The van der Waals surface area contributed by atoms with Crippen molar-refractivity contribution in [2.75, 3.05) is 29.9 Å². The van der Waals surface area contributed by atoms with Crippen LogP contribution < -0.4 is 15.1 Å². The lowest BCUT2D eigenvalue weighted by Crippen LogP contribution is -2.51. The third-order valence-electron chi connectivity index (χ3n) is 6.54. The predicted octanol–water partition coefficient (Wildman–Crippen LogP) is 3.81. The normalized spacial score (nSPS) is 18.1. The number of rotatable bonds is 5. The summed E-state index contributed by atoms with van der Waals surface area (Å²) in [4.78, 5) is 29.8. The first-order valence-corrected chi connectivity index (χ1v) is 11.7. The average molecular weight is 534 g/mol. The minimum atomic E-state index is -4.82. The summed E-state index contributed by atoms with van der Waals surface area (Å²) in [5.41, 5.74) is -2.81. The molecule has 37 heavy (non-hydrogen) atoms. The number of nitriles is 1. The minimum Gasteiger partial charge on any atom is -0.352 e. The molecule has 12 heteroatoms. The molecule has 0 saturated carbocycles. The van der Waals surface area contributed by atoms with E-state index in [0.717, 1.165) is 11.0 Å². The lowest BCUT2D eigenvalue weighted by Gasteiger charge is -2.34. The average Bonchev–Trinajstić information content (AvgIpc) is 2.98. The van der Waals surface area contributed by atoms with Crippen LogP contribution in [0.15, 0.2) is 36.4 Å². The molecule has 2 aromatic carbocycles. The number of nitrogens with one attached hydrogen (secondary N) is 1. The largest absolute Gasteiger partial charge is 0.417 e. The molecule has 0 aromatic heterocycles. The molecule has 7 nitrogen and oxygen atoms in total. The van der Waals surface area contributed by atoms with Gasteiger partial charge in [-0.1, -0.05) is 6.07 Å². The molecule has 4 rings (SSSR count). The van der Waals surface area contributed by atoms with Gasteiger partial charge in [0.15, 0.2) is 5.11 Å². The van der Waals surface area contributed by atoms with Crippen LogP contribution in [-0.2, 0) is 22.3 Å². The Hall–Kier alpha value is -3.56. The number of hydrogen-bond donors (Lipinski definition) is 1. The van der Waals surface area contributed by atoms with Crippen LogP contribution in [0.4, 0.5) is 28.9 Å². The number of nitrogens with zero attached hydrogens (tertiary/aromatic N) is 4. The molecule has 0 bridgehead atoms. The Kier molecular flexibility index (Phi) is 6.73. The molecular weight excluding hydrogens is 510 g/mol. The van der Waals surface area contributed by atoms with Crippen molar-refractivity contribution in [1.82, 2.24) is 10.2 Å². The summed E-state index contributed by atoms with van der Waals surface area (Å²) in [6.45, 7) is 4.32. The zero-order valence-corrected chi connectivity index (χ0v) is 21.0. The van der Waals surface area contributed by atoms with E-state index in [1.807, 2.05) is 11.9 Å². The van der Waals surface area contributed by atoms with Crippen molar-refractivity contribution < 1.29 is 27.2 Å². The molecule has 2 fully saturated rings. The van der Waals surface area contributed by atoms with Gasteiger partial charge in [-0.25, -0.2) is 4.39 Å². The number of halogens is 4. The third-order valence-corrected chi connectivity index (χ3v) is 6.90. The van der Waals surface area contributed by atoms with Crippen LogP contribution in [0, 0.1) is 23.1 Å². The lowest BCUT2D eigenvalue weighted by atomic mass is 10.00. The Morgan fingerprint density at radius 1 is 1.19 bits per heavy atom. The van der Waals surface area contributed by atoms with Gasteiger partial charge in [0.05, 0.1) is 28.8 Å². The van der Waals surface area contributed by atoms with Gasteiger partial charge in [0.25, 0.3) is 5.91 Å². The molecule has 2 aliphatic heterocycles. The number of alkyl halides is 3. The number of amides is 2. The van der Waals surface area contributed by atoms with Crippen LogP contribution >= 0.6 is 12.2 Å². The molecule has 2 aliphatic rings. The van der Waals surface area contributed by atoms with Gasteiger partial charge >= 0.3 is 6.18 Å². The van der Waals surface area contributed by atoms with E-state index in [2.05, 4.69) is 5.32 Å². The highest BCUT2D eigenvalue weighted by atomic mass is 32.1. The van der Waals surface area contributed by atoms with E-state index in [-0.39, 0.29) is 40.4 Å². The topological polar surface area (TPSA) is 79.7 Å². The summed E-state index contributed by atoms with van der Waals surface area (Å²) in [5, 5.41) is 11.6. The maximum atomic E-state index is 15.0. The van der Waals surface area contributed by atoms with E-state index in [1.165, 1.54) is 49.1 Å². The van der Waals surface area contributed by atoms with E-state index < -0.39 is 34.6 Å². The maximum absolute atomic E-state index is 15.0. The monoisotopic (exact) mass is 533 g/mol. The maximum Gasteiger partial charge on any atom is 0.417 e. The van der Waals surface area contributed by atoms with Crippen LogP contribution in [-0.4, -0.2) is 47.5 Å². The van der Waals surface area contributed by atoms with Crippen molar-refractivity contribution in [3.8, 4) is 6.07 Å². The highest BCUT2D eigenvalue weighted by Gasteiger charge is 2.51. The highest BCUT2D eigenvalue weighted by molar-refractivity contribution is 7.81. The number of benzene rings is 2. The first kappa shape index (κ1) is 26.5. The fourth-order valence-electron chi connectivity index (χ4n) is 4.47. The quantitative estimate of drug-likeness (QED) is 0.465. The zero-order chi connectivity index (χ0) is 27.3. The molecule has 2 saturated heterocycles. The Morgan fingerprint density at radius 3 is 2.41 bits per heavy atom. The SMILES string of the molecule is CN1CC(C(=O)NCc2ccc(N3C(=S)N(c4ccc(C#N)c(C(F)(F)F)c4)C(=O)C3(C)C)cc2F)C1. The van der Waals surface area contributed by atoms with Crippen molar-refractivity contribution >= 4 is 40.5 Å². The van der Waals surface area contributed by atoms with Gasteiger partial charge in [-0.3, -0.25) is 14.5 Å². The second-order valence-corrected chi connectivity index (χ2v) is 9.93. The number of anilines is 2. The summed E-state index contributed by atoms with van der Waals surface area (Å²) < 4.78 is 55.5. The molecule has 2 heterocycles. The van der Waals surface area contributed by atoms with Gasteiger partial charge in [0.1, 0.15) is 11.4 Å². The van der Waals surface area contributed by atoms with Crippen molar-refractivity contribution in [2.24, 2.45) is 5.92 Å². The fourth-order valence-corrected chi connectivity index (χ4v) is 4.99. The van der Waals surface area contributed by atoms with Gasteiger partial charge < -0.3 is 15.1 Å². The first-order chi connectivity index (χ1) is 17.3. The summed E-state index contributed by atoms with van der Waals surface area (Å²) in [6.07, 6.45) is -4.82. The Bertz CT molecular complexity index is 1330. The number of likely N-dealkylation sites (tertiary alicyclic amines) is 1. The number of carbonyl (C=O) groups excluding carboxylic acids is 2. The van der Waals surface area contributed by atoms with Gasteiger partial charge in [-0.05, 0) is 63.4 Å². The molecule has 1 N–H and O–H groups in total. The predicted molar refractivity (Wildman–Crippen MR) is 132 cm³/mol. The molecule has 2 aromatic rings. The third kappa shape index (κ3) is 4.76. The van der Waals surface area contributed by atoms with Crippen LogP contribution in [0.5, 0.6) is 0 Å². The minimum absolute atomic E-state index is 0.0183. The lowest BCUT2D eigenvalue weighted by molar-refractivity contribution is -0.137. The van der Waals surface area contributed by atoms with E-state index in [4.69, 9.17) is 17.5 Å². The Balaban J connectivity index is 1.60.